The number of aromatic nitrogens is 3. The molecular weight excluding hydrogens is 434 g/mol. The topological polar surface area (TPSA) is 60.2 Å². The van der Waals surface area contributed by atoms with Gasteiger partial charge in [-0.1, -0.05) is 30.3 Å². The zero-order chi connectivity index (χ0) is 24.3. The molecule has 0 unspecified atom stereocenters. The number of hydrogen-bond acceptors (Lipinski definition) is 4. The third-order valence-electron chi connectivity index (χ3n) is 6.61. The van der Waals surface area contributed by atoms with Crippen LogP contribution in [0.15, 0.2) is 72.9 Å². The minimum absolute atomic E-state index is 0.142. The number of fused-ring (bicyclic) bond motifs is 4. The van der Waals surface area contributed by atoms with E-state index in [1.165, 1.54) is 16.3 Å². The van der Waals surface area contributed by atoms with E-state index in [4.69, 9.17) is 9.72 Å². The van der Waals surface area contributed by atoms with Crippen molar-refractivity contribution >= 4 is 32.7 Å². The van der Waals surface area contributed by atoms with Crippen LogP contribution in [-0.4, -0.2) is 19.6 Å². The maximum Gasteiger partial charge on any atom is 0.220 e. The van der Waals surface area contributed by atoms with Gasteiger partial charge in [-0.3, -0.25) is 4.57 Å². The lowest BCUT2D eigenvalue weighted by Gasteiger charge is -2.12. The van der Waals surface area contributed by atoms with Crippen LogP contribution in [0.5, 0.6) is 17.4 Å². The zero-order valence-corrected chi connectivity index (χ0v) is 20.1. The highest BCUT2D eigenvalue weighted by molar-refractivity contribution is 6.12. The summed E-state index contributed by atoms with van der Waals surface area (Å²) in [7, 11) is 0. The number of aromatic hydroxyl groups is 1. The Kier molecular flexibility index (Phi) is 4.74. The molecule has 0 radical (unpaired) electrons. The summed E-state index contributed by atoms with van der Waals surface area (Å²) in [4.78, 5) is 9.30. The second kappa shape index (κ2) is 7.84. The minimum atomic E-state index is 0.142. The molecule has 3 heterocycles. The SMILES string of the molecule is Cc1ccnc(-n2c3cc(Oc4cc(C)c5cccc(O)c5n4)cc(C)c3c3cccc(C)c32)c1. The van der Waals surface area contributed by atoms with Crippen molar-refractivity contribution in [2.24, 2.45) is 0 Å². The van der Waals surface area contributed by atoms with Gasteiger partial charge in [-0.2, -0.15) is 0 Å². The number of pyridine rings is 2. The Morgan fingerprint density at radius 2 is 1.60 bits per heavy atom. The van der Waals surface area contributed by atoms with Crippen LogP contribution in [-0.2, 0) is 0 Å². The predicted octanol–water partition coefficient (Wildman–Crippen LogP) is 7.46. The van der Waals surface area contributed by atoms with Crippen LogP contribution in [0.3, 0.4) is 0 Å². The molecule has 0 saturated carbocycles. The normalized spacial score (nSPS) is 11.5. The average molecular weight is 460 g/mol. The highest BCUT2D eigenvalue weighted by Gasteiger charge is 2.18. The second-order valence-corrected chi connectivity index (χ2v) is 9.18. The molecule has 0 fully saturated rings. The van der Waals surface area contributed by atoms with Crippen molar-refractivity contribution in [2.45, 2.75) is 27.7 Å². The number of nitrogens with zero attached hydrogens (tertiary/aromatic N) is 3. The van der Waals surface area contributed by atoms with Gasteiger partial charge >= 0.3 is 0 Å². The summed E-state index contributed by atoms with van der Waals surface area (Å²) in [5.41, 5.74) is 7.15. The largest absolute Gasteiger partial charge is 0.506 e. The Hall–Kier alpha value is -4.38. The molecule has 0 amide bonds. The highest BCUT2D eigenvalue weighted by Crippen LogP contribution is 2.39. The van der Waals surface area contributed by atoms with Crippen LogP contribution in [0.25, 0.3) is 38.5 Å². The van der Waals surface area contributed by atoms with E-state index >= 15 is 0 Å². The lowest BCUT2D eigenvalue weighted by atomic mass is 10.1. The number of benzene rings is 3. The molecule has 1 N–H and O–H groups in total. The van der Waals surface area contributed by atoms with Crippen molar-refractivity contribution in [3.63, 3.8) is 0 Å². The number of ether oxygens (including phenoxy) is 1. The average Bonchev–Trinajstić information content (AvgIpc) is 3.16. The summed E-state index contributed by atoms with van der Waals surface area (Å²) in [5, 5.41) is 13.6. The number of phenolic OH excluding ortho intramolecular Hbond substituents is 1. The zero-order valence-electron chi connectivity index (χ0n) is 20.1. The molecule has 0 aliphatic rings. The van der Waals surface area contributed by atoms with Gasteiger partial charge in [0, 0.05) is 34.5 Å². The van der Waals surface area contributed by atoms with Crippen LogP contribution in [0.2, 0.25) is 0 Å². The van der Waals surface area contributed by atoms with Gasteiger partial charge in [-0.15, -0.1) is 0 Å². The first-order valence-corrected chi connectivity index (χ1v) is 11.7. The van der Waals surface area contributed by atoms with Crippen molar-refractivity contribution in [3.8, 4) is 23.2 Å². The monoisotopic (exact) mass is 459 g/mol. The lowest BCUT2D eigenvalue weighted by molar-refractivity contribution is 0.459. The molecular formula is C30H25N3O2. The minimum Gasteiger partial charge on any atom is -0.506 e. The Morgan fingerprint density at radius 1 is 0.800 bits per heavy atom. The maximum absolute atomic E-state index is 10.3. The van der Waals surface area contributed by atoms with Gasteiger partial charge < -0.3 is 9.84 Å². The van der Waals surface area contributed by atoms with E-state index in [1.807, 2.05) is 43.5 Å². The fourth-order valence-electron chi connectivity index (χ4n) is 5.03. The summed E-state index contributed by atoms with van der Waals surface area (Å²) in [6, 6.07) is 21.9. The number of rotatable bonds is 3. The fourth-order valence-corrected chi connectivity index (χ4v) is 5.03. The van der Waals surface area contributed by atoms with E-state index in [1.54, 1.807) is 6.07 Å². The third-order valence-corrected chi connectivity index (χ3v) is 6.61. The summed E-state index contributed by atoms with van der Waals surface area (Å²) < 4.78 is 8.52. The van der Waals surface area contributed by atoms with Crippen LogP contribution in [0, 0.1) is 27.7 Å². The molecule has 0 aliphatic carbocycles. The highest BCUT2D eigenvalue weighted by atomic mass is 16.5. The van der Waals surface area contributed by atoms with Crippen molar-refractivity contribution in [1.29, 1.82) is 0 Å². The van der Waals surface area contributed by atoms with E-state index in [9.17, 15) is 5.11 Å². The standard InChI is InChI=1S/C30H25N3O2/c1-17-11-12-31-26(13-17)33-24-16-21(14-20(4)28(24)23-9-5-7-18(2)30(23)33)35-27-15-19(3)22-8-6-10-25(34)29(22)32-27/h5-16,34H,1-4H3. The molecule has 35 heavy (non-hydrogen) atoms. The van der Waals surface area contributed by atoms with Crippen LogP contribution >= 0.6 is 0 Å². The molecule has 6 rings (SSSR count). The van der Waals surface area contributed by atoms with E-state index in [2.05, 4.69) is 60.7 Å². The second-order valence-electron chi connectivity index (χ2n) is 9.18. The Morgan fingerprint density at radius 3 is 2.43 bits per heavy atom. The maximum atomic E-state index is 10.3. The molecule has 0 spiro atoms. The summed E-state index contributed by atoms with van der Waals surface area (Å²) in [6.07, 6.45) is 1.85. The van der Waals surface area contributed by atoms with Gasteiger partial charge in [0.25, 0.3) is 0 Å². The van der Waals surface area contributed by atoms with Crippen molar-refractivity contribution < 1.29 is 9.84 Å². The number of phenols is 1. The Balaban J connectivity index is 1.59. The molecule has 3 aromatic carbocycles. The molecule has 6 aromatic rings. The first kappa shape index (κ1) is 21.2. The van der Waals surface area contributed by atoms with E-state index in [0.29, 0.717) is 17.1 Å². The molecule has 5 nitrogen and oxygen atoms in total. The molecule has 5 heteroatoms. The fraction of sp³-hybridized carbons (Fsp3) is 0.133. The van der Waals surface area contributed by atoms with Crippen molar-refractivity contribution in [2.75, 3.05) is 0 Å². The van der Waals surface area contributed by atoms with Gasteiger partial charge in [0.1, 0.15) is 22.8 Å². The number of hydrogen-bond donors (Lipinski definition) is 1. The molecule has 0 bridgehead atoms. The Bertz CT molecular complexity index is 1780. The predicted molar refractivity (Wildman–Crippen MR) is 141 cm³/mol. The number of para-hydroxylation sites is 2. The van der Waals surface area contributed by atoms with Crippen LogP contribution in [0.4, 0.5) is 0 Å². The summed E-state index contributed by atoms with van der Waals surface area (Å²) in [5.74, 6) is 2.15. The molecule has 3 aromatic heterocycles. The Labute approximate surface area is 203 Å². The van der Waals surface area contributed by atoms with Crippen LogP contribution < -0.4 is 4.74 Å². The van der Waals surface area contributed by atoms with Crippen molar-refractivity contribution in [1.82, 2.24) is 14.5 Å². The molecule has 0 atom stereocenters. The lowest BCUT2D eigenvalue weighted by Crippen LogP contribution is -1.99. The molecule has 0 saturated heterocycles. The van der Waals surface area contributed by atoms with Gasteiger partial charge in [-0.25, -0.2) is 9.97 Å². The van der Waals surface area contributed by atoms with Crippen molar-refractivity contribution in [3.05, 3.63) is 95.2 Å². The van der Waals surface area contributed by atoms with E-state index in [0.717, 1.165) is 38.9 Å². The van der Waals surface area contributed by atoms with E-state index in [-0.39, 0.29) is 5.75 Å². The first-order chi connectivity index (χ1) is 16.9. The summed E-state index contributed by atoms with van der Waals surface area (Å²) in [6.45, 7) is 8.31. The smallest absolute Gasteiger partial charge is 0.220 e. The summed E-state index contributed by atoms with van der Waals surface area (Å²) >= 11 is 0. The van der Waals surface area contributed by atoms with Gasteiger partial charge in [-0.05, 0) is 74.2 Å². The third kappa shape index (κ3) is 3.39. The van der Waals surface area contributed by atoms with Gasteiger partial charge in [0.2, 0.25) is 5.88 Å². The van der Waals surface area contributed by atoms with Crippen LogP contribution in [0.1, 0.15) is 22.3 Å². The quantitative estimate of drug-likeness (QED) is 0.298. The van der Waals surface area contributed by atoms with Gasteiger partial charge in [0.15, 0.2) is 0 Å². The van der Waals surface area contributed by atoms with E-state index < -0.39 is 0 Å². The number of aryl methyl sites for hydroxylation is 4. The molecule has 0 aliphatic heterocycles. The first-order valence-electron chi connectivity index (χ1n) is 11.7. The molecule has 172 valence electrons. The van der Waals surface area contributed by atoms with Gasteiger partial charge in [0.05, 0.1) is 11.0 Å².